The number of fused-ring (bicyclic) bond motifs is 1. The Hall–Kier alpha value is -4.18. The number of carbonyl (C=O) groups excluding carboxylic acids is 1. The number of aryl methyl sites for hydroxylation is 1. The van der Waals surface area contributed by atoms with Crippen LogP contribution in [0.5, 0.6) is 11.6 Å². The van der Waals surface area contributed by atoms with Crippen molar-refractivity contribution in [2.24, 2.45) is 5.73 Å². The number of ketones is 1. The molecular weight excluding hydrogens is 421 g/mol. The van der Waals surface area contributed by atoms with E-state index in [0.717, 1.165) is 10.9 Å². The highest BCUT2D eigenvalue weighted by atomic mass is 19.1. The molecule has 2 heterocycles. The minimum atomic E-state index is -0.764. The fourth-order valence-electron chi connectivity index (χ4n) is 4.36. The predicted octanol–water partition coefficient (Wildman–Crippen LogP) is 5.29. The Balaban J connectivity index is 1.76. The first-order valence-corrected chi connectivity index (χ1v) is 10.6. The Labute approximate surface area is 189 Å². The summed E-state index contributed by atoms with van der Waals surface area (Å²) in [5, 5.41) is 10.8. The average molecular weight is 441 g/mol. The van der Waals surface area contributed by atoms with Crippen LogP contribution in [-0.2, 0) is 9.53 Å². The van der Waals surface area contributed by atoms with E-state index in [0.29, 0.717) is 47.4 Å². The number of rotatable bonds is 3. The van der Waals surface area contributed by atoms with Gasteiger partial charge in [0.25, 0.3) is 0 Å². The van der Waals surface area contributed by atoms with Gasteiger partial charge in [-0.1, -0.05) is 11.6 Å². The van der Waals surface area contributed by atoms with Crippen LogP contribution in [0.4, 0.5) is 4.39 Å². The van der Waals surface area contributed by atoms with Crippen molar-refractivity contribution in [3.8, 4) is 17.7 Å². The van der Waals surface area contributed by atoms with Crippen molar-refractivity contribution in [3.05, 3.63) is 88.3 Å². The van der Waals surface area contributed by atoms with Gasteiger partial charge in [0.1, 0.15) is 29.0 Å². The summed E-state index contributed by atoms with van der Waals surface area (Å²) in [6.45, 7) is 1.97. The smallest absolute Gasteiger partial charge is 0.224 e. The molecule has 2 aromatic carbocycles. The van der Waals surface area contributed by atoms with Crippen LogP contribution in [-0.4, -0.2) is 10.8 Å². The maximum atomic E-state index is 13.4. The zero-order valence-corrected chi connectivity index (χ0v) is 17.9. The molecule has 1 unspecified atom stereocenters. The van der Waals surface area contributed by atoms with Gasteiger partial charge in [-0.25, -0.2) is 9.37 Å². The fraction of sp³-hybridized carbons (Fsp3) is 0.192. The standard InChI is InChI=1S/C26H20FN3O3/c1-14-5-10-20-15(11-14)12-18(26(30-20)32-17-8-6-16(27)7-9-17)23-19(13-28)25(29)33-22-4-2-3-21(31)24(22)23/h5-12,23H,2-4,29H2,1H3. The Morgan fingerprint density at radius 2 is 1.97 bits per heavy atom. The van der Waals surface area contributed by atoms with Crippen molar-refractivity contribution >= 4 is 16.7 Å². The third-order valence-electron chi connectivity index (χ3n) is 5.91. The third-order valence-corrected chi connectivity index (χ3v) is 5.91. The molecule has 0 bridgehead atoms. The van der Waals surface area contributed by atoms with Crippen LogP contribution < -0.4 is 10.5 Å². The molecule has 2 N–H and O–H groups in total. The molecule has 1 aromatic heterocycles. The molecule has 0 saturated heterocycles. The van der Waals surface area contributed by atoms with Crippen LogP contribution >= 0.6 is 0 Å². The zero-order valence-electron chi connectivity index (χ0n) is 17.9. The molecule has 0 fully saturated rings. The van der Waals surface area contributed by atoms with E-state index in [1.807, 2.05) is 31.2 Å². The molecule has 0 radical (unpaired) electrons. The quantitative estimate of drug-likeness (QED) is 0.593. The topological polar surface area (TPSA) is 98.2 Å². The summed E-state index contributed by atoms with van der Waals surface area (Å²) in [4.78, 5) is 17.7. The van der Waals surface area contributed by atoms with Crippen molar-refractivity contribution in [2.75, 3.05) is 0 Å². The van der Waals surface area contributed by atoms with Gasteiger partial charge in [-0.05, 0) is 55.8 Å². The van der Waals surface area contributed by atoms with Gasteiger partial charge < -0.3 is 15.2 Å². The first kappa shape index (κ1) is 20.7. The fourth-order valence-corrected chi connectivity index (χ4v) is 4.36. The molecule has 1 atom stereocenters. The number of pyridine rings is 1. The van der Waals surface area contributed by atoms with Gasteiger partial charge in [0.2, 0.25) is 11.8 Å². The molecule has 164 valence electrons. The Kier molecular flexibility index (Phi) is 5.06. The minimum absolute atomic E-state index is 0.0204. The number of Topliss-reactive ketones (excluding diaryl/α,β-unsaturated/α-hetero) is 1. The van der Waals surface area contributed by atoms with E-state index in [4.69, 9.17) is 20.2 Å². The molecular formula is C26H20FN3O3. The lowest BCUT2D eigenvalue weighted by molar-refractivity contribution is -0.116. The van der Waals surface area contributed by atoms with Gasteiger partial charge in [0.05, 0.1) is 11.4 Å². The molecule has 7 heteroatoms. The second kappa shape index (κ2) is 8.06. The van der Waals surface area contributed by atoms with Gasteiger partial charge in [-0.15, -0.1) is 0 Å². The first-order chi connectivity index (χ1) is 15.9. The van der Waals surface area contributed by atoms with Crippen LogP contribution in [0.3, 0.4) is 0 Å². The number of nitrogens with zero attached hydrogens (tertiary/aromatic N) is 2. The number of benzene rings is 2. The Morgan fingerprint density at radius 3 is 2.73 bits per heavy atom. The van der Waals surface area contributed by atoms with Crippen molar-refractivity contribution in [2.45, 2.75) is 32.1 Å². The van der Waals surface area contributed by atoms with Gasteiger partial charge in [-0.3, -0.25) is 4.79 Å². The summed E-state index contributed by atoms with van der Waals surface area (Å²) in [6, 6.07) is 15.4. The maximum absolute atomic E-state index is 13.4. The third kappa shape index (κ3) is 3.70. The molecule has 3 aromatic rings. The molecule has 0 spiro atoms. The van der Waals surface area contributed by atoms with Crippen molar-refractivity contribution < 1.29 is 18.7 Å². The lowest BCUT2D eigenvalue weighted by atomic mass is 9.77. The highest BCUT2D eigenvalue weighted by molar-refractivity contribution is 6.00. The van der Waals surface area contributed by atoms with Crippen LogP contribution in [0, 0.1) is 24.1 Å². The minimum Gasteiger partial charge on any atom is -0.444 e. The number of aromatic nitrogens is 1. The second-order valence-electron chi connectivity index (χ2n) is 8.17. The lowest BCUT2D eigenvalue weighted by Gasteiger charge is -2.31. The molecule has 5 rings (SSSR count). The van der Waals surface area contributed by atoms with E-state index in [9.17, 15) is 14.4 Å². The van der Waals surface area contributed by atoms with Gasteiger partial charge >= 0.3 is 0 Å². The highest BCUT2D eigenvalue weighted by Crippen LogP contribution is 2.46. The van der Waals surface area contributed by atoms with E-state index in [-0.39, 0.29) is 28.9 Å². The summed E-state index contributed by atoms with van der Waals surface area (Å²) in [5.41, 5.74) is 8.93. The van der Waals surface area contributed by atoms with Crippen molar-refractivity contribution in [1.29, 1.82) is 5.26 Å². The molecule has 33 heavy (non-hydrogen) atoms. The number of carbonyl (C=O) groups is 1. The monoisotopic (exact) mass is 441 g/mol. The molecule has 1 aliphatic carbocycles. The molecule has 1 aliphatic heterocycles. The van der Waals surface area contributed by atoms with Crippen LogP contribution in [0.15, 0.2) is 71.3 Å². The molecule has 0 amide bonds. The Bertz CT molecular complexity index is 1400. The Morgan fingerprint density at radius 1 is 1.18 bits per heavy atom. The average Bonchev–Trinajstić information content (AvgIpc) is 2.79. The van der Waals surface area contributed by atoms with Crippen molar-refractivity contribution in [1.82, 2.24) is 4.98 Å². The number of allylic oxidation sites excluding steroid dienone is 3. The summed E-state index contributed by atoms with van der Waals surface area (Å²) in [7, 11) is 0. The first-order valence-electron chi connectivity index (χ1n) is 10.6. The predicted molar refractivity (Wildman–Crippen MR) is 119 cm³/mol. The molecule has 6 nitrogen and oxygen atoms in total. The number of nitrogens with two attached hydrogens (primary N) is 1. The SMILES string of the molecule is Cc1ccc2nc(Oc3ccc(F)cc3)c(C3C(C#N)=C(N)OC4=C3C(=O)CCC4)cc2c1. The largest absolute Gasteiger partial charge is 0.444 e. The number of halogens is 1. The lowest BCUT2D eigenvalue weighted by Crippen LogP contribution is -2.27. The summed E-state index contributed by atoms with van der Waals surface area (Å²) >= 11 is 0. The second-order valence-corrected chi connectivity index (χ2v) is 8.17. The molecule has 0 saturated carbocycles. The number of nitriles is 1. The van der Waals surface area contributed by atoms with Crippen molar-refractivity contribution in [3.63, 3.8) is 0 Å². The van der Waals surface area contributed by atoms with E-state index >= 15 is 0 Å². The van der Waals surface area contributed by atoms with Gasteiger partial charge in [0, 0.05) is 29.4 Å². The summed E-state index contributed by atoms with van der Waals surface area (Å²) in [6.07, 6.45) is 1.59. The van der Waals surface area contributed by atoms with Crippen LogP contribution in [0.25, 0.3) is 10.9 Å². The summed E-state index contributed by atoms with van der Waals surface area (Å²) in [5.74, 6) is -0.172. The molecule has 2 aliphatic rings. The highest BCUT2D eigenvalue weighted by Gasteiger charge is 2.40. The normalized spacial score (nSPS) is 18.1. The van der Waals surface area contributed by atoms with E-state index < -0.39 is 5.92 Å². The van der Waals surface area contributed by atoms with E-state index in [1.54, 1.807) is 0 Å². The van der Waals surface area contributed by atoms with Crippen LogP contribution in [0.2, 0.25) is 0 Å². The maximum Gasteiger partial charge on any atom is 0.224 e. The zero-order chi connectivity index (χ0) is 23.1. The van der Waals surface area contributed by atoms with E-state index in [2.05, 4.69) is 6.07 Å². The van der Waals surface area contributed by atoms with Crippen LogP contribution in [0.1, 0.15) is 36.3 Å². The number of ether oxygens (including phenoxy) is 2. The van der Waals surface area contributed by atoms with Gasteiger partial charge in [0.15, 0.2) is 5.78 Å². The number of hydrogen-bond acceptors (Lipinski definition) is 6. The van der Waals surface area contributed by atoms with E-state index in [1.165, 1.54) is 24.3 Å². The van der Waals surface area contributed by atoms with Gasteiger partial charge in [-0.2, -0.15) is 5.26 Å². The number of hydrogen-bond donors (Lipinski definition) is 1. The summed E-state index contributed by atoms with van der Waals surface area (Å²) < 4.78 is 25.2.